The molecule has 0 amide bonds. The van der Waals surface area contributed by atoms with Crippen molar-refractivity contribution in [3.8, 4) is 0 Å². The van der Waals surface area contributed by atoms with E-state index in [4.69, 9.17) is 4.74 Å². The van der Waals surface area contributed by atoms with Gasteiger partial charge in [0.05, 0.1) is 19.6 Å². The number of benzene rings is 2. The van der Waals surface area contributed by atoms with Crippen molar-refractivity contribution >= 4 is 17.6 Å². The summed E-state index contributed by atoms with van der Waals surface area (Å²) in [6.07, 6.45) is 0.963. The van der Waals surface area contributed by atoms with Crippen LogP contribution in [0.5, 0.6) is 0 Å². The lowest BCUT2D eigenvalue weighted by Crippen LogP contribution is -2.44. The molecule has 1 N–H and O–H groups in total. The second kappa shape index (κ2) is 11.0. The minimum Gasteiger partial charge on any atom is -0.469 e. The first-order chi connectivity index (χ1) is 16.2. The van der Waals surface area contributed by atoms with E-state index < -0.39 is 23.3 Å². The van der Waals surface area contributed by atoms with Crippen LogP contribution >= 0.6 is 0 Å². The Morgan fingerprint density at radius 3 is 2.18 bits per heavy atom. The predicted octanol–water partition coefficient (Wildman–Crippen LogP) is 3.51. The lowest BCUT2D eigenvalue weighted by atomic mass is 10.0. The average molecular weight is 465 g/mol. The van der Waals surface area contributed by atoms with E-state index in [1.165, 1.54) is 17.2 Å². The molecule has 3 aromatic rings. The fourth-order valence-electron chi connectivity index (χ4n) is 3.67. The van der Waals surface area contributed by atoms with E-state index in [1.54, 1.807) is 6.92 Å². The number of carbonyl (C=O) groups excluding carboxylic acids is 1. The van der Waals surface area contributed by atoms with Gasteiger partial charge in [-0.1, -0.05) is 62.7 Å². The van der Waals surface area contributed by atoms with Gasteiger partial charge in [0.15, 0.2) is 0 Å². The molecule has 0 fully saturated rings. The van der Waals surface area contributed by atoms with Crippen molar-refractivity contribution in [3.63, 3.8) is 0 Å². The van der Waals surface area contributed by atoms with E-state index in [-0.39, 0.29) is 19.0 Å². The number of carbonyl (C=O) groups is 1. The molecule has 0 aliphatic heterocycles. The van der Waals surface area contributed by atoms with Crippen LogP contribution in [0.15, 0.2) is 58.1 Å². The van der Waals surface area contributed by atoms with Gasteiger partial charge in [-0.3, -0.25) is 9.36 Å². The first-order valence-electron chi connectivity index (χ1n) is 11.4. The topological polar surface area (TPSA) is 95.2 Å². The molecular weight excluding hydrogens is 432 g/mol. The van der Waals surface area contributed by atoms with E-state index in [0.29, 0.717) is 5.92 Å². The Labute approximate surface area is 199 Å². The Morgan fingerprint density at radius 1 is 0.971 bits per heavy atom. The van der Waals surface area contributed by atoms with Crippen molar-refractivity contribution < 1.29 is 9.53 Å². The molecule has 3 rings (SSSR count). The van der Waals surface area contributed by atoms with Gasteiger partial charge < -0.3 is 10.1 Å². The maximum Gasteiger partial charge on any atom is 0.354 e. The van der Waals surface area contributed by atoms with Gasteiger partial charge in [-0.15, -0.1) is 0 Å². The Morgan fingerprint density at radius 2 is 1.59 bits per heavy atom. The number of aryl methyl sites for hydroxylation is 1. The minimum absolute atomic E-state index is 0.116. The van der Waals surface area contributed by atoms with Crippen molar-refractivity contribution in [2.45, 2.75) is 47.2 Å². The third-order valence-electron chi connectivity index (χ3n) is 5.53. The van der Waals surface area contributed by atoms with Gasteiger partial charge in [-0.25, -0.2) is 14.2 Å². The highest BCUT2D eigenvalue weighted by molar-refractivity contribution is 5.71. The van der Waals surface area contributed by atoms with Crippen LogP contribution in [0.2, 0.25) is 0 Å². The summed E-state index contributed by atoms with van der Waals surface area (Å²) in [5.41, 5.74) is 2.65. The molecule has 0 aliphatic rings. The number of aromatic nitrogens is 3. The van der Waals surface area contributed by atoms with Crippen LogP contribution in [0.3, 0.4) is 0 Å². The monoisotopic (exact) mass is 464 g/mol. The molecular formula is C26H32N4O4. The summed E-state index contributed by atoms with van der Waals surface area (Å²) in [5.74, 6) is -0.480. The summed E-state index contributed by atoms with van der Waals surface area (Å²) in [7, 11) is 1.27. The SMILES string of the molecule is COC(=O)[C@@H](C)Cn1c(=O)nc(Nc2ccc(CC(C)C)cc2)n(Cc2ccc(C)cc2)c1=O. The zero-order valence-corrected chi connectivity index (χ0v) is 20.4. The third-order valence-corrected chi connectivity index (χ3v) is 5.53. The van der Waals surface area contributed by atoms with Gasteiger partial charge in [0.1, 0.15) is 0 Å². The fraction of sp³-hybridized carbons (Fsp3) is 0.385. The Balaban J connectivity index is 2.01. The molecule has 0 unspecified atom stereocenters. The summed E-state index contributed by atoms with van der Waals surface area (Å²) in [5, 5.41) is 3.13. The number of hydrogen-bond donors (Lipinski definition) is 1. The van der Waals surface area contributed by atoms with Gasteiger partial charge in [0.25, 0.3) is 0 Å². The number of methoxy groups -OCH3 is 1. The standard InChI is InChI=1S/C26H32N4O4/c1-17(2)14-20-10-12-22(13-11-20)27-24-28-25(32)30(15-19(4)23(31)34-5)26(33)29(24)16-21-8-6-18(3)7-9-21/h6-13,17,19H,14-16H2,1-5H3,(H,27,28,32)/t19-/m0/s1. The lowest BCUT2D eigenvalue weighted by Gasteiger charge is -2.17. The van der Waals surface area contributed by atoms with Crippen molar-refractivity contribution in [3.05, 3.63) is 86.2 Å². The lowest BCUT2D eigenvalue weighted by molar-refractivity contribution is -0.145. The molecule has 1 aromatic heterocycles. The highest BCUT2D eigenvalue weighted by atomic mass is 16.5. The van der Waals surface area contributed by atoms with E-state index in [9.17, 15) is 14.4 Å². The molecule has 34 heavy (non-hydrogen) atoms. The summed E-state index contributed by atoms with van der Waals surface area (Å²) in [6.45, 7) is 8.02. The normalized spacial score (nSPS) is 11.9. The molecule has 0 radical (unpaired) electrons. The average Bonchev–Trinajstić information content (AvgIpc) is 2.80. The quantitative estimate of drug-likeness (QED) is 0.487. The van der Waals surface area contributed by atoms with Crippen LogP contribution in [-0.2, 0) is 29.0 Å². The molecule has 8 heteroatoms. The van der Waals surface area contributed by atoms with Crippen LogP contribution in [-0.4, -0.2) is 27.2 Å². The van der Waals surface area contributed by atoms with E-state index in [2.05, 4.69) is 24.1 Å². The van der Waals surface area contributed by atoms with Crippen LogP contribution in [0.1, 0.15) is 37.5 Å². The predicted molar refractivity (Wildman–Crippen MR) is 132 cm³/mol. The molecule has 180 valence electrons. The maximum absolute atomic E-state index is 13.4. The Kier molecular flexibility index (Phi) is 8.04. The maximum atomic E-state index is 13.4. The Bertz CT molecular complexity index is 1240. The zero-order valence-electron chi connectivity index (χ0n) is 20.4. The van der Waals surface area contributed by atoms with Crippen molar-refractivity contribution in [1.82, 2.24) is 14.1 Å². The van der Waals surface area contributed by atoms with Gasteiger partial charge in [0, 0.05) is 12.2 Å². The fourth-order valence-corrected chi connectivity index (χ4v) is 3.67. The van der Waals surface area contributed by atoms with Crippen molar-refractivity contribution in [1.29, 1.82) is 0 Å². The summed E-state index contributed by atoms with van der Waals surface area (Å²) < 4.78 is 7.14. The highest BCUT2D eigenvalue weighted by Crippen LogP contribution is 2.17. The summed E-state index contributed by atoms with van der Waals surface area (Å²) in [4.78, 5) is 42.2. The third kappa shape index (κ3) is 6.21. The smallest absolute Gasteiger partial charge is 0.354 e. The molecule has 2 aromatic carbocycles. The van der Waals surface area contributed by atoms with Crippen LogP contribution in [0.25, 0.3) is 0 Å². The van der Waals surface area contributed by atoms with Crippen molar-refractivity contribution in [2.24, 2.45) is 11.8 Å². The molecule has 0 saturated heterocycles. The van der Waals surface area contributed by atoms with Crippen LogP contribution in [0.4, 0.5) is 11.6 Å². The molecule has 8 nitrogen and oxygen atoms in total. The number of esters is 1. The highest BCUT2D eigenvalue weighted by Gasteiger charge is 2.20. The minimum atomic E-state index is -0.722. The van der Waals surface area contributed by atoms with Crippen LogP contribution < -0.4 is 16.7 Å². The number of hydrogen-bond acceptors (Lipinski definition) is 6. The van der Waals surface area contributed by atoms with E-state index >= 15 is 0 Å². The number of anilines is 2. The summed E-state index contributed by atoms with van der Waals surface area (Å²) in [6, 6.07) is 15.6. The molecule has 0 saturated carbocycles. The van der Waals surface area contributed by atoms with Gasteiger partial charge >= 0.3 is 17.3 Å². The number of nitrogens with one attached hydrogen (secondary N) is 1. The first-order valence-corrected chi connectivity index (χ1v) is 11.4. The van der Waals surface area contributed by atoms with E-state index in [1.807, 2.05) is 55.5 Å². The first kappa shape index (κ1) is 25.0. The van der Waals surface area contributed by atoms with E-state index in [0.717, 1.165) is 27.8 Å². The molecule has 1 heterocycles. The Hall–Kier alpha value is -3.68. The zero-order chi connectivity index (χ0) is 24.8. The number of rotatable bonds is 9. The largest absolute Gasteiger partial charge is 0.469 e. The molecule has 0 bridgehead atoms. The van der Waals surface area contributed by atoms with Gasteiger partial charge in [-0.05, 0) is 42.5 Å². The molecule has 0 aliphatic carbocycles. The van der Waals surface area contributed by atoms with Crippen LogP contribution in [0, 0.1) is 18.8 Å². The number of nitrogens with zero attached hydrogens (tertiary/aromatic N) is 3. The summed E-state index contributed by atoms with van der Waals surface area (Å²) >= 11 is 0. The second-order valence-corrected chi connectivity index (χ2v) is 9.03. The second-order valence-electron chi connectivity index (χ2n) is 9.03. The van der Waals surface area contributed by atoms with Crippen molar-refractivity contribution in [2.75, 3.05) is 12.4 Å². The molecule has 1 atom stereocenters. The van der Waals surface area contributed by atoms with Gasteiger partial charge in [-0.2, -0.15) is 4.98 Å². The number of ether oxygens (including phenoxy) is 1. The van der Waals surface area contributed by atoms with Gasteiger partial charge in [0.2, 0.25) is 5.95 Å². The molecule has 0 spiro atoms.